The molecule has 4 heteroatoms. The Hall–Kier alpha value is -1.13. The molecule has 0 spiro atoms. The molecule has 84 valence electrons. The first-order valence-electron chi connectivity index (χ1n) is 4.97. The van der Waals surface area contributed by atoms with Crippen LogP contribution in [0.4, 0.5) is 0 Å². The van der Waals surface area contributed by atoms with Gasteiger partial charge in [-0.15, -0.1) is 0 Å². The van der Waals surface area contributed by atoms with Crippen LogP contribution in [-0.2, 0) is 9.53 Å². The number of hydrogen-bond donors (Lipinski definition) is 2. The zero-order valence-electron chi connectivity index (χ0n) is 9.01. The van der Waals surface area contributed by atoms with Crippen LogP contribution in [0.3, 0.4) is 0 Å². The smallest absolute Gasteiger partial charge is 0.317 e. The lowest BCUT2D eigenvalue weighted by Gasteiger charge is -2.27. The molecule has 0 radical (unpaired) electrons. The Morgan fingerprint density at radius 2 is 2.27 bits per heavy atom. The Labute approximate surface area is 89.4 Å². The highest BCUT2D eigenvalue weighted by atomic mass is 16.5. The summed E-state index contributed by atoms with van der Waals surface area (Å²) in [5.41, 5.74) is 3.91. The van der Waals surface area contributed by atoms with Gasteiger partial charge in [0.15, 0.2) is 0 Å². The topological polar surface area (TPSA) is 72.5 Å². The first kappa shape index (κ1) is 11.9. The summed E-state index contributed by atoms with van der Waals surface area (Å²) in [5, 5.41) is 9.71. The number of aliphatic hydroxyl groups is 1. The molecule has 2 atom stereocenters. The Kier molecular flexibility index (Phi) is 3.66. The van der Waals surface area contributed by atoms with Gasteiger partial charge in [-0.1, -0.05) is 32.1 Å². The van der Waals surface area contributed by atoms with Crippen LogP contribution >= 0.6 is 0 Å². The molecule has 0 bridgehead atoms. The average molecular weight is 211 g/mol. The average Bonchev–Trinajstić information content (AvgIpc) is 2.13. The molecule has 15 heavy (non-hydrogen) atoms. The second kappa shape index (κ2) is 4.59. The standard InChI is InChI=1S/C11H17NO3/c1-8(2)7-15-10(13)9-5-3-4-6-11(9,12)14/h3-6,8-9,14H,7,12H2,1-2H3. The van der Waals surface area contributed by atoms with Crippen molar-refractivity contribution in [2.75, 3.05) is 6.61 Å². The fourth-order valence-electron chi connectivity index (χ4n) is 1.25. The molecule has 0 aliphatic heterocycles. The number of ether oxygens (including phenoxy) is 1. The lowest BCUT2D eigenvalue weighted by molar-refractivity contribution is -0.154. The number of nitrogens with two attached hydrogens (primary N) is 1. The van der Waals surface area contributed by atoms with Crippen LogP contribution in [0.1, 0.15) is 13.8 Å². The predicted octanol–water partition coefficient (Wildman–Crippen LogP) is 0.575. The van der Waals surface area contributed by atoms with E-state index in [0.717, 1.165) is 0 Å². The second-order valence-corrected chi connectivity index (χ2v) is 4.13. The molecular weight excluding hydrogens is 194 g/mol. The summed E-state index contributed by atoms with van der Waals surface area (Å²) in [4.78, 5) is 11.6. The number of allylic oxidation sites excluding steroid dienone is 2. The van der Waals surface area contributed by atoms with Crippen LogP contribution in [0.15, 0.2) is 24.3 Å². The van der Waals surface area contributed by atoms with Crippen LogP contribution in [-0.4, -0.2) is 23.4 Å². The quantitative estimate of drug-likeness (QED) is 0.529. The van der Waals surface area contributed by atoms with E-state index < -0.39 is 17.6 Å². The van der Waals surface area contributed by atoms with Crippen molar-refractivity contribution in [3.8, 4) is 0 Å². The summed E-state index contributed by atoms with van der Waals surface area (Å²) in [7, 11) is 0. The van der Waals surface area contributed by atoms with E-state index in [2.05, 4.69) is 0 Å². The van der Waals surface area contributed by atoms with E-state index in [4.69, 9.17) is 10.5 Å². The number of hydrogen-bond acceptors (Lipinski definition) is 4. The van der Waals surface area contributed by atoms with Crippen molar-refractivity contribution in [2.24, 2.45) is 17.6 Å². The Morgan fingerprint density at radius 3 is 2.80 bits per heavy atom. The molecule has 1 rings (SSSR count). The first-order chi connectivity index (χ1) is 6.93. The minimum absolute atomic E-state index is 0.267. The molecule has 0 heterocycles. The first-order valence-corrected chi connectivity index (χ1v) is 4.97. The SMILES string of the molecule is CC(C)COC(=O)C1C=CC=CC1(N)O. The van der Waals surface area contributed by atoms with Gasteiger partial charge in [0, 0.05) is 0 Å². The van der Waals surface area contributed by atoms with Gasteiger partial charge in [-0.3, -0.25) is 10.5 Å². The van der Waals surface area contributed by atoms with Crippen LogP contribution in [0, 0.1) is 11.8 Å². The third-order valence-corrected chi connectivity index (χ3v) is 2.09. The van der Waals surface area contributed by atoms with E-state index in [-0.39, 0.29) is 5.92 Å². The second-order valence-electron chi connectivity index (χ2n) is 4.13. The van der Waals surface area contributed by atoms with Gasteiger partial charge in [-0.2, -0.15) is 0 Å². The fourth-order valence-corrected chi connectivity index (χ4v) is 1.25. The van der Waals surface area contributed by atoms with Crippen LogP contribution in [0.2, 0.25) is 0 Å². The minimum atomic E-state index is -1.64. The summed E-state index contributed by atoms with van der Waals surface area (Å²) >= 11 is 0. The van der Waals surface area contributed by atoms with Gasteiger partial charge in [0.1, 0.15) is 11.6 Å². The van der Waals surface area contributed by atoms with Gasteiger partial charge >= 0.3 is 5.97 Å². The van der Waals surface area contributed by atoms with Gasteiger partial charge < -0.3 is 9.84 Å². The van der Waals surface area contributed by atoms with E-state index in [1.54, 1.807) is 18.2 Å². The lowest BCUT2D eigenvalue weighted by Crippen LogP contribution is -2.49. The largest absolute Gasteiger partial charge is 0.465 e. The lowest BCUT2D eigenvalue weighted by atomic mass is 9.92. The van der Waals surface area contributed by atoms with E-state index in [1.807, 2.05) is 13.8 Å². The van der Waals surface area contributed by atoms with Crippen molar-refractivity contribution >= 4 is 5.97 Å². The van der Waals surface area contributed by atoms with Gasteiger partial charge in [0.05, 0.1) is 6.61 Å². The molecule has 0 saturated carbocycles. The highest BCUT2D eigenvalue weighted by molar-refractivity contribution is 5.77. The molecule has 1 aliphatic rings. The van der Waals surface area contributed by atoms with Gasteiger partial charge in [0.2, 0.25) is 0 Å². The molecule has 2 unspecified atom stereocenters. The third kappa shape index (κ3) is 3.18. The van der Waals surface area contributed by atoms with E-state index in [1.165, 1.54) is 6.08 Å². The van der Waals surface area contributed by atoms with Gasteiger partial charge in [-0.25, -0.2) is 0 Å². The molecule has 3 N–H and O–H groups in total. The normalized spacial score (nSPS) is 29.5. The van der Waals surface area contributed by atoms with Crippen molar-refractivity contribution in [1.82, 2.24) is 0 Å². The Morgan fingerprint density at radius 1 is 1.60 bits per heavy atom. The van der Waals surface area contributed by atoms with Crippen molar-refractivity contribution in [3.63, 3.8) is 0 Å². The summed E-state index contributed by atoms with van der Waals surface area (Å²) in [5.74, 6) is -1.04. The summed E-state index contributed by atoms with van der Waals surface area (Å²) in [6.07, 6.45) is 6.20. The number of carbonyl (C=O) groups excluding carboxylic acids is 1. The van der Waals surface area contributed by atoms with Crippen molar-refractivity contribution in [3.05, 3.63) is 24.3 Å². The minimum Gasteiger partial charge on any atom is -0.465 e. The molecule has 0 amide bonds. The number of esters is 1. The number of rotatable bonds is 3. The van der Waals surface area contributed by atoms with E-state index in [9.17, 15) is 9.90 Å². The van der Waals surface area contributed by atoms with Crippen LogP contribution in [0.5, 0.6) is 0 Å². The molecular formula is C11H17NO3. The maximum absolute atomic E-state index is 11.6. The molecule has 1 aliphatic carbocycles. The highest BCUT2D eigenvalue weighted by Crippen LogP contribution is 2.21. The summed E-state index contributed by atoms with van der Waals surface area (Å²) in [6, 6.07) is 0. The maximum atomic E-state index is 11.6. The monoisotopic (exact) mass is 211 g/mol. The summed E-state index contributed by atoms with van der Waals surface area (Å²) < 4.78 is 5.01. The van der Waals surface area contributed by atoms with Crippen molar-refractivity contribution < 1.29 is 14.6 Å². The maximum Gasteiger partial charge on any atom is 0.317 e. The fraction of sp³-hybridized carbons (Fsp3) is 0.545. The molecule has 4 nitrogen and oxygen atoms in total. The Balaban J connectivity index is 2.59. The van der Waals surface area contributed by atoms with Crippen LogP contribution < -0.4 is 5.73 Å². The molecule has 0 aromatic rings. The third-order valence-electron chi connectivity index (χ3n) is 2.09. The van der Waals surface area contributed by atoms with Crippen molar-refractivity contribution in [1.29, 1.82) is 0 Å². The zero-order valence-corrected chi connectivity index (χ0v) is 9.01. The molecule has 0 aromatic carbocycles. The molecule has 0 aromatic heterocycles. The Bertz CT molecular complexity index is 292. The van der Waals surface area contributed by atoms with Crippen LogP contribution in [0.25, 0.3) is 0 Å². The predicted molar refractivity (Wildman–Crippen MR) is 56.7 cm³/mol. The van der Waals surface area contributed by atoms with E-state index >= 15 is 0 Å². The molecule has 0 fully saturated rings. The van der Waals surface area contributed by atoms with Crippen molar-refractivity contribution in [2.45, 2.75) is 19.6 Å². The number of carbonyl (C=O) groups is 1. The van der Waals surface area contributed by atoms with Gasteiger partial charge in [-0.05, 0) is 12.0 Å². The summed E-state index contributed by atoms with van der Waals surface area (Å²) in [6.45, 7) is 4.22. The van der Waals surface area contributed by atoms with E-state index in [0.29, 0.717) is 6.61 Å². The molecule has 0 saturated heterocycles. The highest BCUT2D eigenvalue weighted by Gasteiger charge is 2.36. The van der Waals surface area contributed by atoms with Gasteiger partial charge in [0.25, 0.3) is 0 Å². The zero-order chi connectivity index (χ0) is 11.5.